The van der Waals surface area contributed by atoms with Gasteiger partial charge in [0.25, 0.3) is 10.0 Å². The third kappa shape index (κ3) is 4.23. The third-order valence-electron chi connectivity index (χ3n) is 6.16. The van der Waals surface area contributed by atoms with E-state index in [0.29, 0.717) is 23.0 Å². The molecule has 2 saturated carbocycles. The molecule has 0 saturated heterocycles. The summed E-state index contributed by atoms with van der Waals surface area (Å²) < 4.78 is 38.2. The van der Waals surface area contributed by atoms with Gasteiger partial charge in [0.1, 0.15) is 0 Å². The van der Waals surface area contributed by atoms with Crippen molar-refractivity contribution in [2.24, 2.45) is 17.8 Å². The lowest BCUT2D eigenvalue weighted by molar-refractivity contribution is -0.124. The third-order valence-corrected chi connectivity index (χ3v) is 7.65. The second kappa shape index (κ2) is 8.09. The number of hydrogen-bond acceptors (Lipinski definition) is 5. The summed E-state index contributed by atoms with van der Waals surface area (Å²) in [6, 6.07) is 3.00. The van der Waals surface area contributed by atoms with Crippen LogP contribution in [-0.4, -0.2) is 28.5 Å². The molecule has 0 aliphatic heterocycles. The molecule has 1 aromatic rings. The molecule has 1 aromatic carbocycles. The predicted octanol–water partition coefficient (Wildman–Crippen LogP) is 3.42. The Morgan fingerprint density at radius 2 is 1.52 bits per heavy atom. The highest BCUT2D eigenvalue weighted by molar-refractivity contribution is 7.90. The zero-order valence-corrected chi connectivity index (χ0v) is 17.1. The van der Waals surface area contributed by atoms with Crippen LogP contribution in [0.3, 0.4) is 0 Å². The van der Waals surface area contributed by atoms with Crippen molar-refractivity contribution in [3.63, 3.8) is 0 Å². The van der Waals surface area contributed by atoms with Gasteiger partial charge in [0.2, 0.25) is 5.91 Å². The molecule has 2 aliphatic carbocycles. The summed E-state index contributed by atoms with van der Waals surface area (Å²) >= 11 is 0. The SMILES string of the molecule is COc1cc(C)c(S(=O)(=O)NC(=O)C2CCC(C3CCC3)CC2)cc1OC. The number of hydrogen-bond donors (Lipinski definition) is 1. The number of carbonyl (C=O) groups excluding carboxylic acids is 1. The Kier molecular flexibility index (Phi) is 5.99. The maximum atomic E-state index is 12.8. The van der Waals surface area contributed by atoms with Gasteiger partial charge < -0.3 is 9.47 Å². The second-order valence-corrected chi connectivity index (χ2v) is 9.40. The van der Waals surface area contributed by atoms with Crippen molar-refractivity contribution < 1.29 is 22.7 Å². The number of nitrogens with one attached hydrogen (secondary N) is 1. The summed E-state index contributed by atoms with van der Waals surface area (Å²) in [5.41, 5.74) is 0.502. The van der Waals surface area contributed by atoms with Gasteiger partial charge in [-0.2, -0.15) is 0 Å². The van der Waals surface area contributed by atoms with Crippen LogP contribution in [-0.2, 0) is 14.8 Å². The number of aryl methyl sites for hydroxylation is 1. The predicted molar refractivity (Wildman–Crippen MR) is 102 cm³/mol. The quantitative estimate of drug-likeness (QED) is 0.798. The van der Waals surface area contributed by atoms with E-state index >= 15 is 0 Å². The first kappa shape index (κ1) is 20.0. The summed E-state index contributed by atoms with van der Waals surface area (Å²) in [5, 5.41) is 0. The van der Waals surface area contributed by atoms with E-state index in [1.807, 2.05) is 0 Å². The smallest absolute Gasteiger partial charge is 0.264 e. The topological polar surface area (TPSA) is 81.7 Å². The number of ether oxygens (including phenoxy) is 2. The van der Waals surface area contributed by atoms with Crippen molar-refractivity contribution in [3.8, 4) is 11.5 Å². The molecule has 2 aliphatic rings. The number of sulfonamides is 1. The molecule has 0 radical (unpaired) electrons. The van der Waals surface area contributed by atoms with E-state index < -0.39 is 15.9 Å². The Balaban J connectivity index is 1.68. The Bertz CT molecular complexity index is 793. The van der Waals surface area contributed by atoms with E-state index in [-0.39, 0.29) is 10.8 Å². The summed E-state index contributed by atoms with van der Waals surface area (Å²) in [6.45, 7) is 1.67. The molecule has 27 heavy (non-hydrogen) atoms. The van der Waals surface area contributed by atoms with Gasteiger partial charge in [-0.05, 0) is 56.1 Å². The molecule has 0 bridgehead atoms. The Morgan fingerprint density at radius 3 is 2.04 bits per heavy atom. The lowest BCUT2D eigenvalue weighted by Crippen LogP contribution is -2.38. The average Bonchev–Trinajstić information content (AvgIpc) is 2.60. The summed E-state index contributed by atoms with van der Waals surface area (Å²) in [7, 11) is -1.02. The van der Waals surface area contributed by atoms with Gasteiger partial charge in [0, 0.05) is 12.0 Å². The lowest BCUT2D eigenvalue weighted by Gasteiger charge is -2.38. The van der Waals surface area contributed by atoms with Crippen LogP contribution in [0.2, 0.25) is 0 Å². The standard InChI is InChI=1S/C20H29NO5S/c1-13-11-17(25-2)18(26-3)12-19(13)27(23,24)21-20(22)16-9-7-15(8-10-16)14-5-4-6-14/h11-12,14-16H,4-10H2,1-3H3,(H,21,22). The highest BCUT2D eigenvalue weighted by Crippen LogP contribution is 2.42. The maximum Gasteiger partial charge on any atom is 0.264 e. The Morgan fingerprint density at radius 1 is 0.963 bits per heavy atom. The van der Waals surface area contributed by atoms with Gasteiger partial charge in [-0.1, -0.05) is 19.3 Å². The van der Waals surface area contributed by atoms with E-state index in [1.165, 1.54) is 39.5 Å². The highest BCUT2D eigenvalue weighted by atomic mass is 32.2. The van der Waals surface area contributed by atoms with Crippen LogP contribution in [0.5, 0.6) is 11.5 Å². The number of methoxy groups -OCH3 is 2. The van der Waals surface area contributed by atoms with Crippen LogP contribution in [0.1, 0.15) is 50.5 Å². The first-order valence-electron chi connectivity index (χ1n) is 9.65. The molecule has 1 amide bonds. The fourth-order valence-electron chi connectivity index (χ4n) is 4.29. The molecule has 0 spiro atoms. The number of benzene rings is 1. The zero-order valence-electron chi connectivity index (χ0n) is 16.3. The molecule has 1 N–H and O–H groups in total. The summed E-state index contributed by atoms with van der Waals surface area (Å²) in [4.78, 5) is 12.6. The van der Waals surface area contributed by atoms with Crippen LogP contribution in [0.25, 0.3) is 0 Å². The van der Waals surface area contributed by atoms with Gasteiger partial charge in [-0.15, -0.1) is 0 Å². The Hall–Kier alpha value is -1.76. The molecule has 3 rings (SSSR count). The van der Waals surface area contributed by atoms with Crippen molar-refractivity contribution in [3.05, 3.63) is 17.7 Å². The molecular formula is C20H29NO5S. The van der Waals surface area contributed by atoms with E-state index in [9.17, 15) is 13.2 Å². The Labute approximate surface area is 161 Å². The summed E-state index contributed by atoms with van der Waals surface area (Å²) in [5.74, 6) is 1.69. The average molecular weight is 396 g/mol. The molecule has 0 heterocycles. The van der Waals surface area contributed by atoms with Crippen molar-refractivity contribution >= 4 is 15.9 Å². The van der Waals surface area contributed by atoms with Gasteiger partial charge in [0.15, 0.2) is 11.5 Å². The first-order chi connectivity index (χ1) is 12.9. The molecule has 6 nitrogen and oxygen atoms in total. The van der Waals surface area contributed by atoms with Crippen LogP contribution in [0.15, 0.2) is 17.0 Å². The first-order valence-corrected chi connectivity index (χ1v) is 11.1. The van der Waals surface area contributed by atoms with Crippen LogP contribution in [0.4, 0.5) is 0 Å². The van der Waals surface area contributed by atoms with Crippen molar-refractivity contribution in [2.75, 3.05) is 14.2 Å². The van der Waals surface area contributed by atoms with Crippen LogP contribution in [0, 0.1) is 24.7 Å². The van der Waals surface area contributed by atoms with E-state index in [4.69, 9.17) is 9.47 Å². The van der Waals surface area contributed by atoms with Crippen molar-refractivity contribution in [1.82, 2.24) is 4.72 Å². The molecule has 150 valence electrons. The van der Waals surface area contributed by atoms with Crippen molar-refractivity contribution in [1.29, 1.82) is 0 Å². The number of carbonyl (C=O) groups is 1. The molecule has 0 unspecified atom stereocenters. The fraction of sp³-hybridized carbons (Fsp3) is 0.650. The van der Waals surface area contributed by atoms with Crippen molar-refractivity contribution in [2.45, 2.75) is 56.8 Å². The molecular weight excluding hydrogens is 366 g/mol. The van der Waals surface area contributed by atoms with Gasteiger partial charge >= 0.3 is 0 Å². The van der Waals surface area contributed by atoms with Gasteiger partial charge in [-0.3, -0.25) is 4.79 Å². The number of rotatable bonds is 6. The van der Waals surface area contributed by atoms with E-state index in [0.717, 1.165) is 31.6 Å². The van der Waals surface area contributed by atoms with Gasteiger partial charge in [0.05, 0.1) is 19.1 Å². The van der Waals surface area contributed by atoms with Gasteiger partial charge in [-0.25, -0.2) is 13.1 Å². The lowest BCUT2D eigenvalue weighted by atomic mass is 9.68. The normalized spacial score (nSPS) is 23.4. The minimum absolute atomic E-state index is 0.0386. The van der Waals surface area contributed by atoms with E-state index in [2.05, 4.69) is 4.72 Å². The van der Waals surface area contributed by atoms with Crippen LogP contribution < -0.4 is 14.2 Å². The minimum atomic E-state index is -3.96. The molecule has 7 heteroatoms. The zero-order chi connectivity index (χ0) is 19.6. The number of amides is 1. The second-order valence-electron chi connectivity index (χ2n) is 7.75. The molecule has 0 aromatic heterocycles. The fourth-order valence-corrected chi connectivity index (χ4v) is 5.57. The molecule has 2 fully saturated rings. The molecule has 0 atom stereocenters. The monoisotopic (exact) mass is 395 g/mol. The van der Waals surface area contributed by atoms with Crippen LogP contribution >= 0.6 is 0 Å². The maximum absolute atomic E-state index is 12.8. The summed E-state index contributed by atoms with van der Waals surface area (Å²) in [6.07, 6.45) is 7.55. The minimum Gasteiger partial charge on any atom is -0.493 e. The van der Waals surface area contributed by atoms with E-state index in [1.54, 1.807) is 13.0 Å². The largest absolute Gasteiger partial charge is 0.493 e. The highest BCUT2D eigenvalue weighted by Gasteiger charge is 2.34.